The summed E-state index contributed by atoms with van der Waals surface area (Å²) in [6.45, 7) is 0. The van der Waals surface area contributed by atoms with Gasteiger partial charge in [-0.15, -0.1) is 0 Å². The molecule has 0 atom stereocenters. The molecule has 1 aromatic heterocycles. The zero-order valence-electron chi connectivity index (χ0n) is 14.4. The largest absolute Gasteiger partial charge is 0.416 e. The van der Waals surface area contributed by atoms with Crippen LogP contribution in [-0.2, 0) is 6.18 Å². The molecule has 4 rings (SSSR count). The average Bonchev–Trinajstić information content (AvgIpc) is 2.68. The van der Waals surface area contributed by atoms with Gasteiger partial charge in [-0.25, -0.2) is 18.7 Å². The summed E-state index contributed by atoms with van der Waals surface area (Å²) in [5, 5.41) is -0.212. The van der Waals surface area contributed by atoms with Gasteiger partial charge in [0, 0.05) is 11.1 Å². The van der Waals surface area contributed by atoms with Gasteiger partial charge in [-0.2, -0.15) is 13.2 Å². The van der Waals surface area contributed by atoms with Gasteiger partial charge in [0.2, 0.25) is 0 Å². The van der Waals surface area contributed by atoms with Crippen LogP contribution in [0.15, 0.2) is 60.7 Å². The second-order valence-corrected chi connectivity index (χ2v) is 6.67. The number of fused-ring (bicyclic) bond motifs is 1. The maximum absolute atomic E-state index is 13.3. The Labute approximate surface area is 166 Å². The lowest BCUT2D eigenvalue weighted by Crippen LogP contribution is -2.06. The monoisotopic (exact) mass is 420 g/mol. The van der Waals surface area contributed by atoms with Gasteiger partial charge in [-0.3, -0.25) is 0 Å². The summed E-state index contributed by atoms with van der Waals surface area (Å²) in [6.07, 6.45) is -4.61. The molecule has 3 aromatic carbocycles. The first-order chi connectivity index (χ1) is 13.7. The van der Waals surface area contributed by atoms with Gasteiger partial charge in [-0.1, -0.05) is 11.6 Å². The molecule has 0 fully saturated rings. The molecule has 0 aliphatic heterocycles. The average molecular weight is 421 g/mol. The van der Waals surface area contributed by atoms with Crippen molar-refractivity contribution in [3.8, 4) is 22.5 Å². The molecule has 0 radical (unpaired) electrons. The first-order valence-corrected chi connectivity index (χ1v) is 8.70. The minimum Gasteiger partial charge on any atom is -0.244 e. The lowest BCUT2D eigenvalue weighted by molar-refractivity contribution is -0.137. The Balaban J connectivity index is 2.03. The van der Waals surface area contributed by atoms with Crippen molar-refractivity contribution >= 4 is 22.6 Å². The van der Waals surface area contributed by atoms with Crippen molar-refractivity contribution in [2.24, 2.45) is 0 Å². The normalized spacial score (nSPS) is 11.8. The summed E-state index contributed by atoms with van der Waals surface area (Å²) in [5.41, 5.74) is 0.485. The molecule has 1 heterocycles. The molecule has 146 valence electrons. The molecule has 29 heavy (non-hydrogen) atoms. The Morgan fingerprint density at radius 1 is 0.690 bits per heavy atom. The number of hydrogen-bond acceptors (Lipinski definition) is 2. The zero-order valence-corrected chi connectivity index (χ0v) is 15.2. The van der Waals surface area contributed by atoms with E-state index in [4.69, 9.17) is 11.6 Å². The van der Waals surface area contributed by atoms with Crippen molar-refractivity contribution < 1.29 is 22.0 Å². The molecule has 2 nitrogen and oxygen atoms in total. The van der Waals surface area contributed by atoms with Crippen LogP contribution in [0, 0.1) is 11.6 Å². The zero-order chi connectivity index (χ0) is 20.8. The quantitative estimate of drug-likeness (QED) is 0.329. The summed E-state index contributed by atoms with van der Waals surface area (Å²) >= 11 is 6.06. The van der Waals surface area contributed by atoms with Crippen LogP contribution >= 0.6 is 11.6 Å². The second-order valence-electron chi connectivity index (χ2n) is 6.26. The number of nitrogens with zero attached hydrogens (tertiary/aromatic N) is 2. The van der Waals surface area contributed by atoms with Crippen LogP contribution < -0.4 is 0 Å². The summed E-state index contributed by atoms with van der Waals surface area (Å²) in [5.74, 6) is -0.938. The summed E-state index contributed by atoms with van der Waals surface area (Å²) in [4.78, 5) is 8.76. The Bertz CT molecular complexity index is 1200. The van der Waals surface area contributed by atoms with E-state index in [0.29, 0.717) is 11.1 Å². The number of aromatic nitrogens is 2. The van der Waals surface area contributed by atoms with Gasteiger partial charge in [0.1, 0.15) is 17.2 Å². The molecule has 0 bridgehead atoms. The van der Waals surface area contributed by atoms with Crippen LogP contribution in [0.5, 0.6) is 0 Å². The molecular formula is C21H10ClF5N2. The van der Waals surface area contributed by atoms with Crippen molar-refractivity contribution in [1.29, 1.82) is 0 Å². The Hall–Kier alpha value is -3.06. The number of rotatable bonds is 2. The van der Waals surface area contributed by atoms with Gasteiger partial charge in [0.15, 0.2) is 0 Å². The lowest BCUT2D eigenvalue weighted by Gasteiger charge is -2.13. The molecule has 4 aromatic rings. The molecule has 0 aliphatic carbocycles. The van der Waals surface area contributed by atoms with E-state index < -0.39 is 23.4 Å². The van der Waals surface area contributed by atoms with Crippen molar-refractivity contribution in [3.63, 3.8) is 0 Å². The molecule has 8 heteroatoms. The minimum atomic E-state index is -4.61. The standard InChI is InChI=1S/C21H10ClF5N2/c22-16-9-13(21(25,26)27)10-17-20(16)29-19(12-3-7-15(24)8-4-12)18(28-17)11-1-5-14(23)6-2-11/h1-10H. The minimum absolute atomic E-state index is 0.0602. The van der Waals surface area contributed by atoms with Crippen LogP contribution in [0.1, 0.15) is 5.56 Å². The van der Waals surface area contributed by atoms with Crippen molar-refractivity contribution in [2.75, 3.05) is 0 Å². The smallest absolute Gasteiger partial charge is 0.244 e. The fraction of sp³-hybridized carbons (Fsp3) is 0.0476. The first-order valence-electron chi connectivity index (χ1n) is 8.33. The maximum Gasteiger partial charge on any atom is 0.416 e. The topological polar surface area (TPSA) is 25.8 Å². The molecule has 0 unspecified atom stereocenters. The van der Waals surface area contributed by atoms with Gasteiger partial charge < -0.3 is 0 Å². The molecule has 0 saturated heterocycles. The number of alkyl halides is 3. The molecule has 0 spiro atoms. The SMILES string of the molecule is Fc1ccc(-c2nc3cc(C(F)(F)F)cc(Cl)c3nc2-c2ccc(F)cc2)cc1. The molecule has 0 saturated carbocycles. The third-order valence-corrected chi connectivity index (χ3v) is 4.57. The first kappa shape index (κ1) is 19.3. The Kier molecular flexibility index (Phi) is 4.70. The highest BCUT2D eigenvalue weighted by Crippen LogP contribution is 2.37. The third kappa shape index (κ3) is 3.78. The predicted octanol–water partition coefficient (Wildman–Crippen LogP) is 6.91. The molecular weight excluding hydrogens is 411 g/mol. The van der Waals surface area contributed by atoms with Crippen molar-refractivity contribution in [3.05, 3.63) is 82.9 Å². The summed E-state index contributed by atoms with van der Waals surface area (Å²) in [7, 11) is 0. The van der Waals surface area contributed by atoms with E-state index in [0.717, 1.165) is 12.1 Å². The second kappa shape index (κ2) is 7.08. The van der Waals surface area contributed by atoms with Crippen LogP contribution in [-0.4, -0.2) is 9.97 Å². The van der Waals surface area contributed by atoms with Gasteiger partial charge in [-0.05, 0) is 60.7 Å². The van der Waals surface area contributed by atoms with Gasteiger partial charge >= 0.3 is 6.18 Å². The summed E-state index contributed by atoms with van der Waals surface area (Å²) in [6, 6.07) is 12.3. The van der Waals surface area contributed by atoms with E-state index in [2.05, 4.69) is 9.97 Å². The van der Waals surface area contributed by atoms with Gasteiger partial charge in [0.05, 0.1) is 27.5 Å². The summed E-state index contributed by atoms with van der Waals surface area (Å²) < 4.78 is 66.2. The van der Waals surface area contributed by atoms with E-state index in [1.165, 1.54) is 48.5 Å². The van der Waals surface area contributed by atoms with E-state index in [9.17, 15) is 22.0 Å². The highest BCUT2D eigenvalue weighted by Gasteiger charge is 2.32. The van der Waals surface area contributed by atoms with Crippen molar-refractivity contribution in [2.45, 2.75) is 6.18 Å². The Morgan fingerprint density at radius 2 is 1.17 bits per heavy atom. The fourth-order valence-corrected chi connectivity index (χ4v) is 3.16. The molecule has 0 amide bonds. The maximum atomic E-state index is 13.3. The van der Waals surface area contributed by atoms with Crippen LogP contribution in [0.2, 0.25) is 5.02 Å². The third-order valence-electron chi connectivity index (χ3n) is 4.29. The van der Waals surface area contributed by atoms with E-state index in [-0.39, 0.29) is 27.4 Å². The molecule has 0 aliphatic rings. The highest BCUT2D eigenvalue weighted by atomic mass is 35.5. The fourth-order valence-electron chi connectivity index (χ4n) is 2.90. The highest BCUT2D eigenvalue weighted by molar-refractivity contribution is 6.35. The van der Waals surface area contributed by atoms with E-state index >= 15 is 0 Å². The van der Waals surface area contributed by atoms with Crippen LogP contribution in [0.4, 0.5) is 22.0 Å². The van der Waals surface area contributed by atoms with Crippen LogP contribution in [0.3, 0.4) is 0 Å². The Morgan fingerprint density at radius 3 is 1.66 bits per heavy atom. The number of hydrogen-bond donors (Lipinski definition) is 0. The van der Waals surface area contributed by atoms with Crippen molar-refractivity contribution in [1.82, 2.24) is 9.97 Å². The molecule has 0 N–H and O–H groups in total. The number of halogens is 6. The van der Waals surface area contributed by atoms with E-state index in [1.54, 1.807) is 0 Å². The lowest BCUT2D eigenvalue weighted by atomic mass is 10.0. The van der Waals surface area contributed by atoms with Crippen LogP contribution in [0.25, 0.3) is 33.5 Å². The predicted molar refractivity (Wildman–Crippen MR) is 100 cm³/mol. The number of benzene rings is 3. The van der Waals surface area contributed by atoms with E-state index in [1.807, 2.05) is 0 Å². The van der Waals surface area contributed by atoms with Gasteiger partial charge in [0.25, 0.3) is 0 Å².